The molecule has 8 nitrogen and oxygen atoms in total. The summed E-state index contributed by atoms with van der Waals surface area (Å²) in [5.41, 5.74) is 1.79. The second-order valence-electron chi connectivity index (χ2n) is 6.58. The molecular weight excluding hydrogens is 398 g/mol. The number of imide groups is 1. The van der Waals surface area contributed by atoms with E-state index >= 15 is 0 Å². The van der Waals surface area contributed by atoms with Gasteiger partial charge in [-0.3, -0.25) is 15.0 Å². The predicted octanol–water partition coefficient (Wildman–Crippen LogP) is 2.19. The Morgan fingerprint density at radius 3 is 2.13 bits per heavy atom. The molecule has 1 aliphatic rings. The smallest absolute Gasteiger partial charge is 0.344 e. The van der Waals surface area contributed by atoms with E-state index < -0.39 is 36.0 Å². The molecule has 1 saturated heterocycles. The number of carbonyl (C=O) groups excluding carboxylic acids is 4. The number of hydrogen-bond acceptors (Lipinski definition) is 5. The highest BCUT2D eigenvalue weighted by atomic mass is 16.5. The van der Waals surface area contributed by atoms with Crippen molar-refractivity contribution in [2.45, 2.75) is 12.5 Å². The van der Waals surface area contributed by atoms with Crippen molar-refractivity contribution in [2.75, 3.05) is 6.61 Å². The van der Waals surface area contributed by atoms with Crippen LogP contribution in [0.2, 0.25) is 0 Å². The summed E-state index contributed by atoms with van der Waals surface area (Å²) in [6, 6.07) is 16.7. The van der Waals surface area contributed by atoms with Crippen LogP contribution in [0.4, 0.5) is 4.79 Å². The number of urea groups is 1. The summed E-state index contributed by atoms with van der Waals surface area (Å²) in [5, 5.41) is 3.30. The Morgan fingerprint density at radius 1 is 1.00 bits per heavy atom. The van der Waals surface area contributed by atoms with Crippen LogP contribution in [0.1, 0.15) is 18.1 Å². The second-order valence-corrected chi connectivity index (χ2v) is 6.58. The molecule has 31 heavy (non-hydrogen) atoms. The van der Waals surface area contributed by atoms with Gasteiger partial charge in [0.2, 0.25) is 0 Å². The molecule has 0 bridgehead atoms. The molecule has 1 heterocycles. The van der Waals surface area contributed by atoms with E-state index in [-0.39, 0.29) is 0 Å². The Morgan fingerprint density at radius 2 is 1.58 bits per heavy atom. The zero-order valence-electron chi connectivity index (χ0n) is 16.8. The van der Waals surface area contributed by atoms with E-state index in [2.05, 4.69) is 10.7 Å². The number of carbonyl (C=O) groups is 4. The number of nitrogens with zero attached hydrogens (tertiary/aromatic N) is 1. The van der Waals surface area contributed by atoms with Crippen LogP contribution in [0.25, 0.3) is 0 Å². The summed E-state index contributed by atoms with van der Waals surface area (Å²) in [6.07, 6.45) is 5.96. The lowest BCUT2D eigenvalue weighted by Crippen LogP contribution is -2.50. The molecule has 0 spiro atoms. The van der Waals surface area contributed by atoms with Gasteiger partial charge in [0.1, 0.15) is 0 Å². The van der Waals surface area contributed by atoms with Crippen LogP contribution in [-0.4, -0.2) is 35.4 Å². The van der Waals surface area contributed by atoms with Gasteiger partial charge in [0.15, 0.2) is 12.1 Å². The fourth-order valence-corrected chi connectivity index (χ4v) is 3.15. The van der Waals surface area contributed by atoms with Gasteiger partial charge in [-0.2, -0.15) is 5.01 Å². The molecule has 158 valence electrons. The Labute approximate surface area is 179 Å². The molecule has 0 aliphatic carbocycles. The minimum absolute atomic E-state index is 0.539. The first-order valence-electron chi connectivity index (χ1n) is 9.52. The third kappa shape index (κ3) is 4.53. The van der Waals surface area contributed by atoms with Crippen LogP contribution >= 0.6 is 0 Å². The number of ether oxygens (including phenoxy) is 1. The highest BCUT2D eigenvalue weighted by Gasteiger charge is 2.54. The van der Waals surface area contributed by atoms with Crippen LogP contribution in [0.3, 0.4) is 0 Å². The van der Waals surface area contributed by atoms with Crippen molar-refractivity contribution in [3.05, 3.63) is 96.1 Å². The Balaban J connectivity index is 1.80. The van der Waals surface area contributed by atoms with Crippen molar-refractivity contribution in [1.82, 2.24) is 15.8 Å². The van der Waals surface area contributed by atoms with E-state index in [0.29, 0.717) is 16.1 Å². The molecule has 2 aromatic rings. The average Bonchev–Trinajstić information content (AvgIpc) is 3.04. The Bertz CT molecular complexity index is 992. The molecule has 0 saturated carbocycles. The second kappa shape index (κ2) is 9.53. The van der Waals surface area contributed by atoms with Crippen molar-refractivity contribution in [3.63, 3.8) is 0 Å². The van der Waals surface area contributed by atoms with Gasteiger partial charge in [-0.1, -0.05) is 78.9 Å². The van der Waals surface area contributed by atoms with Crippen LogP contribution < -0.4 is 10.7 Å². The summed E-state index contributed by atoms with van der Waals surface area (Å²) < 4.78 is 4.81. The summed E-state index contributed by atoms with van der Waals surface area (Å²) >= 11 is 0. The molecular formula is C23H21N3O5. The minimum atomic E-state index is -1.50. The number of hydrogen-bond donors (Lipinski definition) is 2. The molecule has 0 radical (unpaired) electrons. The topological polar surface area (TPSA) is 105 Å². The van der Waals surface area contributed by atoms with Crippen LogP contribution in [0.5, 0.6) is 0 Å². The third-order valence-corrected chi connectivity index (χ3v) is 4.55. The third-order valence-electron chi connectivity index (χ3n) is 4.55. The lowest BCUT2D eigenvalue weighted by atomic mass is 9.83. The highest BCUT2D eigenvalue weighted by Crippen LogP contribution is 2.35. The Hall–Kier alpha value is -4.20. The molecule has 3 rings (SSSR count). The number of nitrogens with one attached hydrogen (secondary N) is 2. The van der Waals surface area contributed by atoms with Crippen LogP contribution in [0, 0.1) is 0 Å². The monoisotopic (exact) mass is 419 g/mol. The Kier molecular flexibility index (Phi) is 6.61. The predicted molar refractivity (Wildman–Crippen MR) is 112 cm³/mol. The lowest BCUT2D eigenvalue weighted by molar-refractivity contribution is -0.147. The molecule has 1 fully saturated rings. The number of hydrazine groups is 1. The van der Waals surface area contributed by atoms with Crippen molar-refractivity contribution >= 4 is 23.8 Å². The zero-order chi connectivity index (χ0) is 22.3. The number of rotatable bonds is 7. The van der Waals surface area contributed by atoms with Crippen molar-refractivity contribution in [3.8, 4) is 0 Å². The van der Waals surface area contributed by atoms with Gasteiger partial charge < -0.3 is 10.1 Å². The first-order valence-corrected chi connectivity index (χ1v) is 9.52. The van der Waals surface area contributed by atoms with Crippen LogP contribution in [-0.2, 0) is 24.7 Å². The van der Waals surface area contributed by atoms with Crippen molar-refractivity contribution in [1.29, 1.82) is 0 Å². The van der Waals surface area contributed by atoms with E-state index in [1.807, 2.05) is 0 Å². The van der Waals surface area contributed by atoms with Gasteiger partial charge in [0.05, 0.1) is 0 Å². The standard InChI is InChI=1S/C23H21N3O5/c1-2-3-6-15-20(28)31-16-19(27)25-26-21(29)23(24-22(26)30,17-11-7-4-8-12-17)18-13-9-5-10-14-18/h2-15H,16H2,1H3,(H,24,30)(H,25,27)/b3-2+,15-6+. The van der Waals surface area contributed by atoms with Gasteiger partial charge in [-0.25, -0.2) is 9.59 Å². The van der Waals surface area contributed by atoms with Crippen molar-refractivity contribution < 1.29 is 23.9 Å². The summed E-state index contributed by atoms with van der Waals surface area (Å²) in [5.74, 6) is -2.23. The zero-order valence-corrected chi connectivity index (χ0v) is 16.8. The van der Waals surface area contributed by atoms with E-state index in [4.69, 9.17) is 4.74 Å². The molecule has 1 aliphatic heterocycles. The van der Waals surface area contributed by atoms with E-state index in [9.17, 15) is 19.2 Å². The normalized spacial score (nSPS) is 15.3. The lowest BCUT2D eigenvalue weighted by Gasteiger charge is -2.27. The van der Waals surface area contributed by atoms with E-state index in [1.165, 1.54) is 6.08 Å². The van der Waals surface area contributed by atoms with Gasteiger partial charge in [-0.05, 0) is 18.1 Å². The fourth-order valence-electron chi connectivity index (χ4n) is 3.15. The average molecular weight is 419 g/mol. The molecule has 2 N–H and O–H groups in total. The number of allylic oxidation sites excluding steroid dienone is 3. The quantitative estimate of drug-likeness (QED) is 0.310. The molecule has 2 aromatic carbocycles. The SMILES string of the molecule is C/C=C/C=C/C(=O)OCC(=O)NN1C(=O)NC(c2ccccc2)(c2ccccc2)C1=O. The maximum atomic E-state index is 13.4. The summed E-state index contributed by atoms with van der Waals surface area (Å²) in [6.45, 7) is 1.13. The van der Waals surface area contributed by atoms with Gasteiger partial charge >= 0.3 is 12.0 Å². The summed E-state index contributed by atoms with van der Waals surface area (Å²) in [4.78, 5) is 49.8. The molecule has 4 amide bonds. The summed E-state index contributed by atoms with van der Waals surface area (Å²) in [7, 11) is 0. The van der Waals surface area contributed by atoms with Crippen LogP contribution in [0.15, 0.2) is 85.0 Å². The highest BCUT2D eigenvalue weighted by molar-refractivity contribution is 6.10. The number of benzene rings is 2. The maximum absolute atomic E-state index is 13.4. The molecule has 0 atom stereocenters. The van der Waals surface area contributed by atoms with E-state index in [0.717, 1.165) is 6.08 Å². The number of amides is 4. The first kappa shape index (κ1) is 21.5. The van der Waals surface area contributed by atoms with Gasteiger partial charge in [0.25, 0.3) is 11.8 Å². The minimum Gasteiger partial charge on any atom is -0.452 e. The van der Waals surface area contributed by atoms with Gasteiger partial charge in [-0.15, -0.1) is 0 Å². The van der Waals surface area contributed by atoms with Crippen molar-refractivity contribution in [2.24, 2.45) is 0 Å². The fraction of sp³-hybridized carbons (Fsp3) is 0.130. The van der Waals surface area contributed by atoms with Gasteiger partial charge in [0, 0.05) is 6.08 Å². The maximum Gasteiger partial charge on any atom is 0.344 e. The number of esters is 1. The largest absolute Gasteiger partial charge is 0.452 e. The first-order chi connectivity index (χ1) is 15.0. The van der Waals surface area contributed by atoms with E-state index in [1.54, 1.807) is 79.7 Å². The molecule has 8 heteroatoms. The molecule has 0 aromatic heterocycles. The molecule has 0 unspecified atom stereocenters.